The molecule has 0 spiro atoms. The molecule has 1 amide bonds. The maximum absolute atomic E-state index is 12.5. The molecule has 1 aromatic rings. The van der Waals surface area contributed by atoms with Gasteiger partial charge in [-0.2, -0.15) is 5.10 Å². The molecule has 1 aliphatic heterocycles. The summed E-state index contributed by atoms with van der Waals surface area (Å²) in [7, 11) is 1.92. The van der Waals surface area contributed by atoms with E-state index in [9.17, 15) is 4.79 Å². The van der Waals surface area contributed by atoms with Gasteiger partial charge in [-0.15, -0.1) is 0 Å². The fourth-order valence-electron chi connectivity index (χ4n) is 2.90. The second-order valence-electron chi connectivity index (χ2n) is 5.42. The van der Waals surface area contributed by atoms with Crippen molar-refractivity contribution in [1.82, 2.24) is 14.7 Å². The number of nitrogens with two attached hydrogens (primary N) is 1. The number of piperidine rings is 1. The minimum atomic E-state index is 0.189. The van der Waals surface area contributed by atoms with Crippen LogP contribution >= 0.6 is 0 Å². The second-order valence-corrected chi connectivity index (χ2v) is 5.42. The van der Waals surface area contributed by atoms with Gasteiger partial charge in [0.2, 0.25) is 5.91 Å². The smallest absolute Gasteiger partial charge is 0.227 e. The highest BCUT2D eigenvalue weighted by Gasteiger charge is 2.26. The first kappa shape index (κ1) is 14.1. The van der Waals surface area contributed by atoms with Crippen molar-refractivity contribution in [2.24, 2.45) is 12.8 Å². The minimum absolute atomic E-state index is 0.189. The van der Waals surface area contributed by atoms with Crippen molar-refractivity contribution in [3.63, 3.8) is 0 Å². The highest BCUT2D eigenvalue weighted by molar-refractivity contribution is 5.79. The number of amides is 1. The van der Waals surface area contributed by atoms with Gasteiger partial charge in [0.1, 0.15) is 0 Å². The maximum Gasteiger partial charge on any atom is 0.227 e. The van der Waals surface area contributed by atoms with Gasteiger partial charge in [-0.25, -0.2) is 0 Å². The number of aryl methyl sites for hydroxylation is 2. The molecule has 0 saturated carbocycles. The molecule has 19 heavy (non-hydrogen) atoms. The van der Waals surface area contributed by atoms with Crippen molar-refractivity contribution in [3.05, 3.63) is 17.0 Å². The number of carbonyl (C=O) groups is 1. The topological polar surface area (TPSA) is 64.2 Å². The molecule has 0 aromatic carbocycles. The van der Waals surface area contributed by atoms with E-state index in [1.54, 1.807) is 0 Å². The largest absolute Gasteiger partial charge is 0.338 e. The van der Waals surface area contributed by atoms with Crippen LogP contribution < -0.4 is 5.73 Å². The lowest BCUT2D eigenvalue weighted by molar-refractivity contribution is -0.133. The Kier molecular flexibility index (Phi) is 4.24. The van der Waals surface area contributed by atoms with Gasteiger partial charge < -0.3 is 10.6 Å². The van der Waals surface area contributed by atoms with Crippen molar-refractivity contribution >= 4 is 5.91 Å². The molecule has 1 unspecified atom stereocenters. The van der Waals surface area contributed by atoms with Crippen LogP contribution in [0.1, 0.15) is 36.2 Å². The van der Waals surface area contributed by atoms with Crippen molar-refractivity contribution < 1.29 is 4.79 Å². The van der Waals surface area contributed by atoms with Gasteiger partial charge in [0.25, 0.3) is 0 Å². The molecule has 2 rings (SSSR count). The summed E-state index contributed by atoms with van der Waals surface area (Å²) < 4.78 is 1.84. The van der Waals surface area contributed by atoms with E-state index in [0.29, 0.717) is 13.0 Å². The molecule has 1 aromatic heterocycles. The second kappa shape index (κ2) is 5.74. The van der Waals surface area contributed by atoms with E-state index in [4.69, 9.17) is 5.73 Å². The first-order valence-corrected chi connectivity index (χ1v) is 7.03. The number of hydrogen-bond donors (Lipinski definition) is 1. The molecule has 2 N–H and O–H groups in total. The normalized spacial score (nSPS) is 19.8. The molecule has 106 valence electrons. The molecule has 1 fully saturated rings. The Labute approximate surface area is 114 Å². The summed E-state index contributed by atoms with van der Waals surface area (Å²) in [5, 5.41) is 4.37. The van der Waals surface area contributed by atoms with Gasteiger partial charge >= 0.3 is 0 Å². The summed E-state index contributed by atoms with van der Waals surface area (Å²) in [5.41, 5.74) is 8.87. The molecule has 5 heteroatoms. The average molecular weight is 264 g/mol. The molecule has 1 aliphatic rings. The Balaban J connectivity index is 2.11. The van der Waals surface area contributed by atoms with Gasteiger partial charge in [-0.1, -0.05) is 0 Å². The van der Waals surface area contributed by atoms with Gasteiger partial charge in [-0.3, -0.25) is 9.48 Å². The van der Waals surface area contributed by atoms with Crippen LogP contribution in [-0.2, 0) is 18.3 Å². The van der Waals surface area contributed by atoms with E-state index in [1.807, 2.05) is 30.5 Å². The lowest BCUT2D eigenvalue weighted by atomic mass is 10.0. The zero-order valence-electron chi connectivity index (χ0n) is 12.1. The molecule has 1 atom stereocenters. The fourth-order valence-corrected chi connectivity index (χ4v) is 2.90. The van der Waals surface area contributed by atoms with E-state index >= 15 is 0 Å². The van der Waals surface area contributed by atoms with Crippen molar-refractivity contribution in [1.29, 1.82) is 0 Å². The van der Waals surface area contributed by atoms with Crippen LogP contribution in [0.25, 0.3) is 0 Å². The number of carbonyl (C=O) groups excluding carboxylic acids is 1. The molecule has 0 aliphatic carbocycles. The zero-order valence-corrected chi connectivity index (χ0v) is 12.1. The SMILES string of the molecule is Cc1nn(C)c(C)c1CC(=O)N1CCCCC1CN. The summed E-state index contributed by atoms with van der Waals surface area (Å²) in [6.45, 7) is 5.39. The minimum Gasteiger partial charge on any atom is -0.338 e. The molecular weight excluding hydrogens is 240 g/mol. The third-order valence-corrected chi connectivity index (χ3v) is 4.21. The summed E-state index contributed by atoms with van der Waals surface area (Å²) >= 11 is 0. The number of aromatic nitrogens is 2. The summed E-state index contributed by atoms with van der Waals surface area (Å²) in [5.74, 6) is 0.189. The molecule has 0 bridgehead atoms. The van der Waals surface area contributed by atoms with Crippen LogP contribution in [0.2, 0.25) is 0 Å². The Morgan fingerprint density at radius 3 is 2.74 bits per heavy atom. The summed E-state index contributed by atoms with van der Waals surface area (Å²) in [6.07, 6.45) is 3.75. The zero-order chi connectivity index (χ0) is 14.0. The highest BCUT2D eigenvalue weighted by atomic mass is 16.2. The molecule has 1 saturated heterocycles. The molecular formula is C14H24N4O. The Bertz CT molecular complexity index is 466. The predicted octanol–water partition coefficient (Wildman–Crippen LogP) is 0.919. The maximum atomic E-state index is 12.5. The number of hydrogen-bond acceptors (Lipinski definition) is 3. The number of rotatable bonds is 3. The number of likely N-dealkylation sites (tertiary alicyclic amines) is 1. The molecule has 2 heterocycles. The summed E-state index contributed by atoms with van der Waals surface area (Å²) in [6, 6.07) is 0.221. The van der Waals surface area contributed by atoms with Gasteiger partial charge in [0.05, 0.1) is 12.1 Å². The van der Waals surface area contributed by atoms with Gasteiger partial charge in [0, 0.05) is 37.4 Å². The van der Waals surface area contributed by atoms with Crippen LogP contribution in [0.4, 0.5) is 0 Å². The van der Waals surface area contributed by atoms with Crippen molar-refractivity contribution in [2.45, 2.75) is 45.6 Å². The first-order valence-electron chi connectivity index (χ1n) is 7.03. The lowest BCUT2D eigenvalue weighted by Gasteiger charge is -2.35. The first-order chi connectivity index (χ1) is 9.04. The Hall–Kier alpha value is -1.36. The Morgan fingerprint density at radius 2 is 2.16 bits per heavy atom. The van der Waals surface area contributed by atoms with E-state index in [-0.39, 0.29) is 11.9 Å². The van der Waals surface area contributed by atoms with E-state index < -0.39 is 0 Å². The van der Waals surface area contributed by atoms with Crippen LogP contribution in [0.15, 0.2) is 0 Å². The quantitative estimate of drug-likeness (QED) is 0.883. The van der Waals surface area contributed by atoms with E-state index in [2.05, 4.69) is 5.10 Å². The van der Waals surface area contributed by atoms with E-state index in [0.717, 1.165) is 36.3 Å². The fraction of sp³-hybridized carbons (Fsp3) is 0.714. The van der Waals surface area contributed by atoms with Gasteiger partial charge in [0.15, 0.2) is 0 Å². The standard InChI is InChI=1S/C14H24N4O/c1-10-13(11(2)17(3)16-10)8-14(19)18-7-5-4-6-12(18)9-15/h12H,4-9,15H2,1-3H3. The van der Waals surface area contributed by atoms with Crippen LogP contribution in [-0.4, -0.2) is 39.7 Å². The summed E-state index contributed by atoms with van der Waals surface area (Å²) in [4.78, 5) is 14.5. The van der Waals surface area contributed by atoms with Crippen LogP contribution in [0, 0.1) is 13.8 Å². The lowest BCUT2D eigenvalue weighted by Crippen LogP contribution is -2.48. The van der Waals surface area contributed by atoms with Crippen molar-refractivity contribution in [2.75, 3.05) is 13.1 Å². The molecule has 5 nitrogen and oxygen atoms in total. The third kappa shape index (κ3) is 2.81. The molecule has 0 radical (unpaired) electrons. The predicted molar refractivity (Wildman–Crippen MR) is 74.8 cm³/mol. The van der Waals surface area contributed by atoms with Crippen LogP contribution in [0.5, 0.6) is 0 Å². The number of nitrogens with zero attached hydrogens (tertiary/aromatic N) is 3. The van der Waals surface area contributed by atoms with E-state index in [1.165, 1.54) is 6.42 Å². The highest BCUT2D eigenvalue weighted by Crippen LogP contribution is 2.19. The van der Waals surface area contributed by atoms with Crippen molar-refractivity contribution in [3.8, 4) is 0 Å². The van der Waals surface area contributed by atoms with Gasteiger partial charge in [-0.05, 0) is 33.1 Å². The third-order valence-electron chi connectivity index (χ3n) is 4.21. The average Bonchev–Trinajstić information content (AvgIpc) is 2.65. The Morgan fingerprint density at radius 1 is 1.42 bits per heavy atom. The monoisotopic (exact) mass is 264 g/mol. The van der Waals surface area contributed by atoms with Crippen LogP contribution in [0.3, 0.4) is 0 Å².